The van der Waals surface area contributed by atoms with Crippen LogP contribution in [-0.4, -0.2) is 46.5 Å². The molecule has 2 aromatic carbocycles. The third-order valence-corrected chi connectivity index (χ3v) is 9.21. The molecule has 0 bridgehead atoms. The molecule has 4 heterocycles. The van der Waals surface area contributed by atoms with Crippen molar-refractivity contribution in [3.8, 4) is 0 Å². The summed E-state index contributed by atoms with van der Waals surface area (Å²) < 4.78 is 3.57. The van der Waals surface area contributed by atoms with Gasteiger partial charge in [-0.2, -0.15) is 10.2 Å². The second-order valence-electron chi connectivity index (χ2n) is 13.3. The van der Waals surface area contributed by atoms with Crippen molar-refractivity contribution in [2.75, 3.05) is 0 Å². The molecule has 55 heavy (non-hydrogen) atoms. The van der Waals surface area contributed by atoms with E-state index in [1.54, 1.807) is 17.8 Å². The van der Waals surface area contributed by atoms with Gasteiger partial charge in [0, 0.05) is 60.1 Å². The lowest BCUT2D eigenvalue weighted by Gasteiger charge is -2.09. The first kappa shape index (κ1) is 41.4. The summed E-state index contributed by atoms with van der Waals surface area (Å²) in [5.41, 5.74) is 14.7. The SMILES string of the molecule is Cc1c(C(=O)O)cnn1CCc1ccccc1.Cc1cc(C)c(CN)c(=O)[nH]1.Cc1cc(C)c(CNC(=O)c2cnn(CCc3ccccc3)c2C)c(=O)[nH]1. The van der Waals surface area contributed by atoms with Gasteiger partial charge >= 0.3 is 5.97 Å². The number of benzene rings is 2. The van der Waals surface area contributed by atoms with Gasteiger partial charge in [0.2, 0.25) is 0 Å². The highest BCUT2D eigenvalue weighted by Gasteiger charge is 2.16. The number of carbonyl (C=O) groups is 2. The first-order chi connectivity index (χ1) is 26.3. The van der Waals surface area contributed by atoms with E-state index < -0.39 is 5.97 Å². The summed E-state index contributed by atoms with van der Waals surface area (Å²) in [6.07, 6.45) is 4.69. The second-order valence-corrected chi connectivity index (χ2v) is 13.3. The molecule has 0 saturated carbocycles. The molecule has 6 N–H and O–H groups in total. The Bertz CT molecular complexity index is 2320. The molecular formula is C42H50N8O5. The number of nitrogens with two attached hydrogens (primary N) is 1. The number of carbonyl (C=O) groups excluding carboxylic acids is 1. The minimum absolute atomic E-state index is 0.0648. The zero-order valence-corrected chi connectivity index (χ0v) is 32.3. The fraction of sp³-hybridized carbons (Fsp3) is 0.286. The van der Waals surface area contributed by atoms with Crippen molar-refractivity contribution >= 4 is 11.9 Å². The summed E-state index contributed by atoms with van der Waals surface area (Å²) >= 11 is 0. The largest absolute Gasteiger partial charge is 0.478 e. The lowest BCUT2D eigenvalue weighted by Crippen LogP contribution is -2.28. The maximum absolute atomic E-state index is 12.5. The highest BCUT2D eigenvalue weighted by atomic mass is 16.4. The number of pyridine rings is 2. The van der Waals surface area contributed by atoms with Crippen LogP contribution < -0.4 is 22.2 Å². The van der Waals surface area contributed by atoms with Crippen LogP contribution >= 0.6 is 0 Å². The van der Waals surface area contributed by atoms with Crippen LogP contribution in [0.5, 0.6) is 0 Å². The average molecular weight is 747 g/mol. The Labute approximate surface area is 320 Å². The number of hydrogen-bond acceptors (Lipinski definition) is 7. The number of aromatic amines is 2. The molecule has 0 spiro atoms. The van der Waals surface area contributed by atoms with Crippen LogP contribution in [0.25, 0.3) is 0 Å². The molecule has 0 aliphatic carbocycles. The Morgan fingerprint density at radius 2 is 1.13 bits per heavy atom. The molecule has 0 unspecified atom stereocenters. The topological polar surface area (TPSA) is 194 Å². The van der Waals surface area contributed by atoms with Gasteiger partial charge < -0.3 is 26.1 Å². The molecule has 0 fully saturated rings. The monoisotopic (exact) mass is 746 g/mol. The number of nitrogens with one attached hydrogen (secondary N) is 3. The van der Waals surface area contributed by atoms with Gasteiger partial charge in [-0.15, -0.1) is 0 Å². The number of amides is 1. The number of nitrogens with zero attached hydrogens (tertiary/aromatic N) is 4. The van der Waals surface area contributed by atoms with Crippen molar-refractivity contribution in [1.82, 2.24) is 34.8 Å². The standard InChI is InChI=1S/C21H24N4O2.C13H14N2O2.C8H12N2O/c1-14-11-15(2)24-21(27)18(14)12-22-20(26)19-13-23-25(16(19)3)10-9-17-7-5-4-6-8-17;1-10-12(13(16)17)9-14-15(10)8-7-11-5-3-2-4-6-11;1-5-3-6(2)10-8(11)7(5)4-9/h4-8,11,13H,9-10,12H2,1-3H3,(H,22,26)(H,24,27);2-6,9H,7-8H2,1H3,(H,16,17);3H,4,9H2,1-2H3,(H,10,11). The average Bonchev–Trinajstić information content (AvgIpc) is 3.71. The molecule has 0 aliphatic heterocycles. The Balaban J connectivity index is 0.000000204. The minimum atomic E-state index is -0.923. The van der Waals surface area contributed by atoms with E-state index in [9.17, 15) is 19.2 Å². The molecular weight excluding hydrogens is 697 g/mol. The number of H-pyrrole nitrogens is 2. The van der Waals surface area contributed by atoms with Gasteiger partial charge in [-0.1, -0.05) is 60.7 Å². The molecule has 13 nitrogen and oxygen atoms in total. The van der Waals surface area contributed by atoms with E-state index in [1.807, 2.05) is 87.8 Å². The highest BCUT2D eigenvalue weighted by Crippen LogP contribution is 2.11. The summed E-state index contributed by atoms with van der Waals surface area (Å²) in [4.78, 5) is 52.1. The minimum Gasteiger partial charge on any atom is -0.478 e. The van der Waals surface area contributed by atoms with Crippen molar-refractivity contribution in [3.63, 3.8) is 0 Å². The molecule has 288 valence electrons. The van der Waals surface area contributed by atoms with Gasteiger partial charge in [-0.25, -0.2) is 4.79 Å². The number of carboxylic acids is 1. The summed E-state index contributed by atoms with van der Waals surface area (Å²) in [6.45, 7) is 13.0. The smallest absolute Gasteiger partial charge is 0.339 e. The molecule has 13 heteroatoms. The Kier molecular flexibility index (Phi) is 14.8. The van der Waals surface area contributed by atoms with Gasteiger partial charge in [0.05, 0.1) is 18.0 Å². The van der Waals surface area contributed by atoms with E-state index in [4.69, 9.17) is 10.8 Å². The Morgan fingerprint density at radius 3 is 1.55 bits per heavy atom. The molecule has 6 rings (SSSR count). The zero-order chi connectivity index (χ0) is 40.1. The first-order valence-electron chi connectivity index (χ1n) is 18.0. The third-order valence-electron chi connectivity index (χ3n) is 9.21. The summed E-state index contributed by atoms with van der Waals surface area (Å²) in [7, 11) is 0. The summed E-state index contributed by atoms with van der Waals surface area (Å²) in [6, 6.07) is 24.1. The van der Waals surface area contributed by atoms with Gasteiger partial charge in [0.25, 0.3) is 17.0 Å². The van der Waals surface area contributed by atoms with E-state index in [1.165, 1.54) is 17.3 Å². The third kappa shape index (κ3) is 11.6. The van der Waals surface area contributed by atoms with Gasteiger partial charge in [-0.05, 0) is 88.8 Å². The van der Waals surface area contributed by atoms with Crippen LogP contribution in [0.15, 0.2) is 94.8 Å². The second kappa shape index (κ2) is 19.7. The maximum Gasteiger partial charge on any atom is 0.339 e. The molecule has 1 amide bonds. The fourth-order valence-electron chi connectivity index (χ4n) is 6.04. The summed E-state index contributed by atoms with van der Waals surface area (Å²) in [5, 5.41) is 20.2. The van der Waals surface area contributed by atoms with Crippen molar-refractivity contribution < 1.29 is 14.7 Å². The van der Waals surface area contributed by atoms with Crippen molar-refractivity contribution in [2.45, 2.75) is 80.6 Å². The molecule has 0 radical (unpaired) electrons. The molecule has 0 aliphatic rings. The predicted octanol–water partition coefficient (Wildman–Crippen LogP) is 5.25. The van der Waals surface area contributed by atoms with Crippen LogP contribution in [0.3, 0.4) is 0 Å². The van der Waals surface area contributed by atoms with Crippen molar-refractivity contribution in [2.24, 2.45) is 5.73 Å². The highest BCUT2D eigenvalue weighted by molar-refractivity contribution is 5.95. The molecule has 4 aromatic heterocycles. The quantitative estimate of drug-likeness (QED) is 0.119. The van der Waals surface area contributed by atoms with E-state index in [0.717, 1.165) is 41.1 Å². The number of carboxylic acid groups (broad SMARTS) is 1. The predicted molar refractivity (Wildman–Crippen MR) is 213 cm³/mol. The molecule has 0 atom stereocenters. The van der Waals surface area contributed by atoms with Crippen LogP contribution in [0.1, 0.15) is 76.9 Å². The van der Waals surface area contributed by atoms with E-state index >= 15 is 0 Å². The van der Waals surface area contributed by atoms with Gasteiger partial charge in [0.1, 0.15) is 5.56 Å². The Hall–Kier alpha value is -6.34. The molecule has 0 saturated heterocycles. The van der Waals surface area contributed by atoms with E-state index in [-0.39, 0.29) is 29.1 Å². The molecule has 6 aromatic rings. The first-order valence-corrected chi connectivity index (χ1v) is 18.0. The van der Waals surface area contributed by atoms with Crippen LogP contribution in [-0.2, 0) is 39.0 Å². The van der Waals surface area contributed by atoms with Crippen molar-refractivity contribution in [3.05, 3.63) is 173 Å². The van der Waals surface area contributed by atoms with Gasteiger partial charge in [-0.3, -0.25) is 23.7 Å². The number of aromatic carboxylic acids is 1. The van der Waals surface area contributed by atoms with Crippen LogP contribution in [0.4, 0.5) is 0 Å². The van der Waals surface area contributed by atoms with Crippen LogP contribution in [0, 0.1) is 41.5 Å². The number of hydrogen-bond donors (Lipinski definition) is 5. The zero-order valence-electron chi connectivity index (χ0n) is 32.3. The number of aryl methyl sites for hydroxylation is 8. The lowest BCUT2D eigenvalue weighted by molar-refractivity contribution is 0.0695. The Morgan fingerprint density at radius 1 is 0.691 bits per heavy atom. The summed E-state index contributed by atoms with van der Waals surface area (Å²) in [5.74, 6) is -1.15. The fourth-order valence-corrected chi connectivity index (χ4v) is 6.04. The lowest BCUT2D eigenvalue weighted by atomic mass is 10.1. The van der Waals surface area contributed by atoms with Crippen molar-refractivity contribution in [1.29, 1.82) is 0 Å². The number of rotatable bonds is 11. The van der Waals surface area contributed by atoms with Crippen LogP contribution in [0.2, 0.25) is 0 Å². The normalized spacial score (nSPS) is 10.5. The van der Waals surface area contributed by atoms with E-state index in [0.29, 0.717) is 42.0 Å². The maximum atomic E-state index is 12.5. The van der Waals surface area contributed by atoms with E-state index in [2.05, 4.69) is 49.7 Å². The number of aromatic nitrogens is 6. The van der Waals surface area contributed by atoms with Gasteiger partial charge in [0.15, 0.2) is 0 Å².